The van der Waals surface area contributed by atoms with Crippen LogP contribution >= 0.6 is 0 Å². The second-order valence-electron chi connectivity index (χ2n) is 5.21. The Kier molecular flexibility index (Phi) is 5.32. The van der Waals surface area contributed by atoms with Gasteiger partial charge in [-0.25, -0.2) is 12.8 Å². The summed E-state index contributed by atoms with van der Waals surface area (Å²) in [6.45, 7) is 0.959. The van der Waals surface area contributed by atoms with Crippen LogP contribution in [-0.4, -0.2) is 44.6 Å². The van der Waals surface area contributed by atoms with Crippen LogP contribution in [0.25, 0.3) is 0 Å². The molecule has 1 saturated heterocycles. The number of aliphatic hydroxyl groups excluding tert-OH is 1. The van der Waals surface area contributed by atoms with Gasteiger partial charge in [-0.3, -0.25) is 0 Å². The highest BCUT2D eigenvalue weighted by molar-refractivity contribution is 7.89. The molecule has 1 aromatic rings. The highest BCUT2D eigenvalue weighted by Gasteiger charge is 2.31. The van der Waals surface area contributed by atoms with Crippen LogP contribution in [0.4, 0.5) is 4.39 Å². The van der Waals surface area contributed by atoms with Crippen molar-refractivity contribution < 1.29 is 22.7 Å². The van der Waals surface area contributed by atoms with E-state index in [4.69, 9.17) is 4.74 Å². The van der Waals surface area contributed by atoms with E-state index in [9.17, 15) is 17.9 Å². The van der Waals surface area contributed by atoms with Gasteiger partial charge in [0.2, 0.25) is 10.0 Å². The van der Waals surface area contributed by atoms with E-state index in [1.165, 1.54) is 10.4 Å². The average molecular weight is 317 g/mol. The molecule has 0 spiro atoms. The highest BCUT2D eigenvalue weighted by Crippen LogP contribution is 2.26. The summed E-state index contributed by atoms with van der Waals surface area (Å²) in [5, 5.41) is 9.26. The molecule has 1 fully saturated rings. The van der Waals surface area contributed by atoms with Crippen molar-refractivity contribution in [3.8, 4) is 0 Å². The lowest BCUT2D eigenvalue weighted by atomic mass is 9.99. The average Bonchev–Trinajstić information content (AvgIpc) is 2.48. The summed E-state index contributed by atoms with van der Waals surface area (Å²) < 4.78 is 45.0. The zero-order chi connectivity index (χ0) is 15.5. The van der Waals surface area contributed by atoms with E-state index in [0.717, 1.165) is 25.0 Å². The predicted octanol–water partition coefficient (Wildman–Crippen LogP) is 1.37. The zero-order valence-corrected chi connectivity index (χ0v) is 12.8. The predicted molar refractivity (Wildman–Crippen MR) is 75.7 cm³/mol. The maximum Gasteiger partial charge on any atom is 0.243 e. The van der Waals surface area contributed by atoms with Crippen molar-refractivity contribution in [1.29, 1.82) is 0 Å². The molecule has 0 saturated carbocycles. The van der Waals surface area contributed by atoms with Crippen molar-refractivity contribution in [2.24, 2.45) is 5.92 Å². The normalized spacial score (nSPS) is 18.0. The Morgan fingerprint density at radius 3 is 2.62 bits per heavy atom. The summed E-state index contributed by atoms with van der Waals surface area (Å²) in [6.07, 6.45) is 1.44. The Morgan fingerprint density at radius 1 is 1.38 bits per heavy atom. The SMILES string of the molecule is COCC1CCN(S(=O)(=O)c2cc(F)ccc2CO)CC1. The lowest BCUT2D eigenvalue weighted by molar-refractivity contribution is 0.121. The maximum absolute atomic E-state index is 13.4. The Hall–Kier alpha value is -1.02. The summed E-state index contributed by atoms with van der Waals surface area (Å²) in [7, 11) is -2.14. The number of benzene rings is 1. The van der Waals surface area contributed by atoms with Gasteiger partial charge in [0, 0.05) is 26.8 Å². The van der Waals surface area contributed by atoms with E-state index in [1.807, 2.05) is 0 Å². The van der Waals surface area contributed by atoms with Gasteiger partial charge < -0.3 is 9.84 Å². The molecule has 0 unspecified atom stereocenters. The number of hydrogen-bond donors (Lipinski definition) is 1. The molecule has 1 N–H and O–H groups in total. The zero-order valence-electron chi connectivity index (χ0n) is 12.0. The Balaban J connectivity index is 2.21. The second-order valence-corrected chi connectivity index (χ2v) is 7.12. The number of methoxy groups -OCH3 is 1. The van der Waals surface area contributed by atoms with Crippen LogP contribution in [0.3, 0.4) is 0 Å². The fourth-order valence-electron chi connectivity index (χ4n) is 2.59. The van der Waals surface area contributed by atoms with Crippen molar-refractivity contribution >= 4 is 10.0 Å². The molecule has 0 amide bonds. The molecule has 21 heavy (non-hydrogen) atoms. The first-order chi connectivity index (χ1) is 9.98. The van der Waals surface area contributed by atoms with Crippen LogP contribution in [0.1, 0.15) is 18.4 Å². The summed E-state index contributed by atoms with van der Waals surface area (Å²) in [5.74, 6) is -0.272. The van der Waals surface area contributed by atoms with Crippen LogP contribution < -0.4 is 0 Å². The van der Waals surface area contributed by atoms with Crippen molar-refractivity contribution in [3.05, 3.63) is 29.6 Å². The summed E-state index contributed by atoms with van der Waals surface area (Å²) in [6, 6.07) is 3.43. The standard InChI is InChI=1S/C14H20FNO4S/c1-20-10-11-4-6-16(7-5-11)21(18,19)14-8-13(15)3-2-12(14)9-17/h2-3,8,11,17H,4-7,9-10H2,1H3. The van der Waals surface area contributed by atoms with Crippen molar-refractivity contribution in [1.82, 2.24) is 4.31 Å². The fourth-order valence-corrected chi connectivity index (χ4v) is 4.29. The maximum atomic E-state index is 13.4. The number of hydrogen-bond acceptors (Lipinski definition) is 4. The van der Waals surface area contributed by atoms with E-state index in [1.54, 1.807) is 7.11 Å². The molecular formula is C14H20FNO4S. The van der Waals surface area contributed by atoms with Crippen molar-refractivity contribution in [3.63, 3.8) is 0 Å². The third-order valence-electron chi connectivity index (χ3n) is 3.79. The van der Waals surface area contributed by atoms with E-state index >= 15 is 0 Å². The van der Waals surface area contributed by atoms with E-state index in [2.05, 4.69) is 0 Å². The Labute approximate surface area is 124 Å². The number of sulfonamides is 1. The van der Waals surface area contributed by atoms with Crippen molar-refractivity contribution in [2.75, 3.05) is 26.8 Å². The van der Waals surface area contributed by atoms with Gasteiger partial charge in [0.25, 0.3) is 0 Å². The lowest BCUT2D eigenvalue weighted by Gasteiger charge is -2.31. The molecule has 1 aromatic carbocycles. The van der Waals surface area contributed by atoms with Crippen LogP contribution in [0.15, 0.2) is 23.1 Å². The molecule has 1 aliphatic rings. The van der Waals surface area contributed by atoms with Gasteiger partial charge in [0.05, 0.1) is 11.5 Å². The minimum atomic E-state index is -3.77. The molecular weight excluding hydrogens is 297 g/mol. The molecule has 0 bridgehead atoms. The minimum Gasteiger partial charge on any atom is -0.392 e. The van der Waals surface area contributed by atoms with Gasteiger partial charge in [0.15, 0.2) is 0 Å². The van der Waals surface area contributed by atoms with Crippen LogP contribution in [0.5, 0.6) is 0 Å². The third-order valence-corrected chi connectivity index (χ3v) is 5.77. The van der Waals surface area contributed by atoms with Gasteiger partial charge in [-0.15, -0.1) is 0 Å². The monoisotopic (exact) mass is 317 g/mol. The van der Waals surface area contributed by atoms with Gasteiger partial charge in [-0.1, -0.05) is 6.07 Å². The molecule has 0 radical (unpaired) electrons. The van der Waals surface area contributed by atoms with Gasteiger partial charge >= 0.3 is 0 Å². The fraction of sp³-hybridized carbons (Fsp3) is 0.571. The van der Waals surface area contributed by atoms with E-state index < -0.39 is 22.4 Å². The summed E-state index contributed by atoms with van der Waals surface area (Å²) >= 11 is 0. The van der Waals surface area contributed by atoms with Crippen LogP contribution in [0.2, 0.25) is 0 Å². The lowest BCUT2D eigenvalue weighted by Crippen LogP contribution is -2.39. The quantitative estimate of drug-likeness (QED) is 0.890. The number of ether oxygens (including phenoxy) is 1. The highest BCUT2D eigenvalue weighted by atomic mass is 32.2. The Morgan fingerprint density at radius 2 is 2.05 bits per heavy atom. The minimum absolute atomic E-state index is 0.143. The largest absolute Gasteiger partial charge is 0.392 e. The molecule has 0 aliphatic carbocycles. The number of nitrogens with zero attached hydrogens (tertiary/aromatic N) is 1. The third kappa shape index (κ3) is 3.60. The number of piperidine rings is 1. The molecule has 2 rings (SSSR count). The molecule has 7 heteroatoms. The number of rotatable bonds is 5. The van der Waals surface area contributed by atoms with E-state index in [0.29, 0.717) is 25.6 Å². The van der Waals surface area contributed by atoms with Gasteiger partial charge in [0.1, 0.15) is 5.82 Å². The first-order valence-electron chi connectivity index (χ1n) is 6.87. The van der Waals surface area contributed by atoms with Crippen LogP contribution in [0, 0.1) is 11.7 Å². The molecule has 0 atom stereocenters. The molecule has 0 aromatic heterocycles. The summed E-state index contributed by atoms with van der Waals surface area (Å²) in [4.78, 5) is -0.143. The summed E-state index contributed by atoms with van der Waals surface area (Å²) in [5.41, 5.74) is 0.218. The number of aliphatic hydroxyl groups is 1. The van der Waals surface area contributed by atoms with Gasteiger partial charge in [-0.2, -0.15) is 4.31 Å². The topological polar surface area (TPSA) is 66.8 Å². The van der Waals surface area contributed by atoms with E-state index in [-0.39, 0.29) is 10.5 Å². The molecule has 5 nitrogen and oxygen atoms in total. The first kappa shape index (κ1) is 16.4. The molecule has 118 valence electrons. The number of halogens is 1. The molecule has 1 heterocycles. The smallest absolute Gasteiger partial charge is 0.243 e. The van der Waals surface area contributed by atoms with Crippen LogP contribution in [-0.2, 0) is 21.4 Å². The molecule has 1 aliphatic heterocycles. The van der Waals surface area contributed by atoms with Crippen molar-refractivity contribution in [2.45, 2.75) is 24.3 Å². The second kappa shape index (κ2) is 6.83. The van der Waals surface area contributed by atoms with Gasteiger partial charge in [-0.05, 0) is 36.5 Å². The Bertz CT molecular complexity index is 583. The first-order valence-corrected chi connectivity index (χ1v) is 8.31.